The molecule has 1 amide bonds. The molecule has 0 unspecified atom stereocenters. The van der Waals surface area contributed by atoms with Crippen LogP contribution in [0.3, 0.4) is 0 Å². The molecular weight excluding hydrogens is 200 g/mol. The lowest BCUT2D eigenvalue weighted by Gasteiger charge is -2.14. The molecule has 0 aliphatic heterocycles. The fraction of sp³-hybridized carbons (Fsp3) is 0.923. The van der Waals surface area contributed by atoms with E-state index >= 15 is 0 Å². The standard InChI is InChI=1S/C13H26N2O/c1-2-14-10-7-11-15-13(16)12-8-5-3-4-6-9-12/h12,14H,2-11H2,1H3,(H,15,16). The van der Waals surface area contributed by atoms with Crippen molar-refractivity contribution in [3.63, 3.8) is 0 Å². The predicted octanol–water partition coefficient (Wildman–Crippen LogP) is 2.07. The summed E-state index contributed by atoms with van der Waals surface area (Å²) in [5, 5.41) is 6.32. The van der Waals surface area contributed by atoms with E-state index in [1.165, 1.54) is 25.7 Å². The molecule has 2 N–H and O–H groups in total. The number of nitrogens with one attached hydrogen (secondary N) is 2. The molecule has 1 aliphatic rings. The van der Waals surface area contributed by atoms with Gasteiger partial charge >= 0.3 is 0 Å². The van der Waals surface area contributed by atoms with Crippen LogP contribution < -0.4 is 10.6 Å². The average molecular weight is 226 g/mol. The minimum absolute atomic E-state index is 0.290. The van der Waals surface area contributed by atoms with Gasteiger partial charge in [0.25, 0.3) is 0 Å². The largest absolute Gasteiger partial charge is 0.356 e. The van der Waals surface area contributed by atoms with Gasteiger partial charge in [-0.1, -0.05) is 32.6 Å². The second kappa shape index (κ2) is 8.57. The summed E-state index contributed by atoms with van der Waals surface area (Å²) < 4.78 is 0. The molecular formula is C13H26N2O. The Balaban J connectivity index is 2.08. The number of rotatable bonds is 6. The summed E-state index contributed by atoms with van der Waals surface area (Å²) in [5.41, 5.74) is 0. The molecule has 1 rings (SSSR count). The molecule has 1 aliphatic carbocycles. The van der Waals surface area contributed by atoms with Gasteiger partial charge in [-0.05, 0) is 32.4 Å². The summed E-state index contributed by atoms with van der Waals surface area (Å²) in [5.74, 6) is 0.583. The summed E-state index contributed by atoms with van der Waals surface area (Å²) in [7, 11) is 0. The van der Waals surface area contributed by atoms with Crippen LogP contribution in [0.2, 0.25) is 0 Å². The van der Waals surface area contributed by atoms with E-state index in [0.29, 0.717) is 11.8 Å². The lowest BCUT2D eigenvalue weighted by Crippen LogP contribution is -2.32. The maximum absolute atomic E-state index is 11.9. The molecule has 0 atom stereocenters. The molecule has 1 fully saturated rings. The SMILES string of the molecule is CCNCCCNC(=O)C1CCCCCC1. The van der Waals surface area contributed by atoms with Crippen LogP contribution in [0.25, 0.3) is 0 Å². The zero-order valence-corrected chi connectivity index (χ0v) is 10.6. The highest BCUT2D eigenvalue weighted by molar-refractivity contribution is 5.78. The first kappa shape index (κ1) is 13.5. The quantitative estimate of drug-likeness (QED) is 0.538. The van der Waals surface area contributed by atoms with Crippen LogP contribution in [-0.2, 0) is 4.79 Å². The molecule has 0 aromatic heterocycles. The van der Waals surface area contributed by atoms with E-state index in [2.05, 4.69) is 17.6 Å². The van der Waals surface area contributed by atoms with E-state index in [1.807, 2.05) is 0 Å². The Morgan fingerprint density at radius 1 is 1.12 bits per heavy atom. The van der Waals surface area contributed by atoms with E-state index < -0.39 is 0 Å². The van der Waals surface area contributed by atoms with Gasteiger partial charge in [-0.15, -0.1) is 0 Å². The fourth-order valence-corrected chi connectivity index (χ4v) is 2.29. The van der Waals surface area contributed by atoms with Crippen LogP contribution in [0.5, 0.6) is 0 Å². The third kappa shape index (κ3) is 5.50. The number of carbonyl (C=O) groups excluding carboxylic acids is 1. The van der Waals surface area contributed by atoms with E-state index in [-0.39, 0.29) is 0 Å². The first-order valence-corrected chi connectivity index (χ1v) is 6.83. The summed E-state index contributed by atoms with van der Waals surface area (Å²) in [6.45, 7) is 4.93. The van der Waals surface area contributed by atoms with Gasteiger partial charge in [0.2, 0.25) is 5.91 Å². The van der Waals surface area contributed by atoms with Gasteiger partial charge in [0.15, 0.2) is 0 Å². The van der Waals surface area contributed by atoms with E-state index in [0.717, 1.165) is 38.9 Å². The van der Waals surface area contributed by atoms with Crippen molar-refractivity contribution < 1.29 is 4.79 Å². The Morgan fingerprint density at radius 3 is 2.44 bits per heavy atom. The first-order valence-electron chi connectivity index (χ1n) is 6.83. The van der Waals surface area contributed by atoms with E-state index in [9.17, 15) is 4.79 Å². The van der Waals surface area contributed by atoms with Crippen molar-refractivity contribution in [2.75, 3.05) is 19.6 Å². The van der Waals surface area contributed by atoms with Crippen molar-refractivity contribution in [2.24, 2.45) is 5.92 Å². The van der Waals surface area contributed by atoms with E-state index in [4.69, 9.17) is 0 Å². The number of hydrogen-bond donors (Lipinski definition) is 2. The number of carbonyl (C=O) groups is 1. The van der Waals surface area contributed by atoms with Crippen molar-refractivity contribution in [2.45, 2.75) is 51.9 Å². The third-order valence-corrected chi connectivity index (χ3v) is 3.31. The molecule has 0 spiro atoms. The lowest BCUT2D eigenvalue weighted by molar-refractivity contribution is -0.125. The molecule has 0 heterocycles. The molecule has 3 heteroatoms. The van der Waals surface area contributed by atoms with Crippen molar-refractivity contribution in [3.05, 3.63) is 0 Å². The molecule has 0 radical (unpaired) electrons. The molecule has 3 nitrogen and oxygen atoms in total. The molecule has 1 saturated carbocycles. The zero-order chi connectivity index (χ0) is 11.6. The molecule has 94 valence electrons. The highest BCUT2D eigenvalue weighted by Crippen LogP contribution is 2.22. The normalized spacial score (nSPS) is 18.1. The Labute approximate surface area is 99.4 Å². The second-order valence-electron chi connectivity index (χ2n) is 4.69. The molecule has 16 heavy (non-hydrogen) atoms. The maximum atomic E-state index is 11.9. The second-order valence-corrected chi connectivity index (χ2v) is 4.69. The topological polar surface area (TPSA) is 41.1 Å². The average Bonchev–Trinajstić information content (AvgIpc) is 2.57. The molecule has 0 aromatic carbocycles. The van der Waals surface area contributed by atoms with Gasteiger partial charge in [-0.3, -0.25) is 4.79 Å². The van der Waals surface area contributed by atoms with Gasteiger partial charge in [0.05, 0.1) is 0 Å². The smallest absolute Gasteiger partial charge is 0.223 e. The van der Waals surface area contributed by atoms with Crippen molar-refractivity contribution >= 4 is 5.91 Å². The van der Waals surface area contributed by atoms with E-state index in [1.54, 1.807) is 0 Å². The summed E-state index contributed by atoms with van der Waals surface area (Å²) in [6, 6.07) is 0. The monoisotopic (exact) mass is 226 g/mol. The Bertz CT molecular complexity index is 186. The predicted molar refractivity (Wildman–Crippen MR) is 67.4 cm³/mol. The van der Waals surface area contributed by atoms with Crippen LogP contribution in [0, 0.1) is 5.92 Å². The molecule has 0 aromatic rings. The lowest BCUT2D eigenvalue weighted by atomic mass is 9.99. The maximum Gasteiger partial charge on any atom is 0.223 e. The van der Waals surface area contributed by atoms with Gasteiger partial charge in [0.1, 0.15) is 0 Å². The van der Waals surface area contributed by atoms with Crippen LogP contribution in [0.15, 0.2) is 0 Å². The van der Waals surface area contributed by atoms with Gasteiger partial charge in [0, 0.05) is 12.5 Å². The first-order chi connectivity index (χ1) is 7.84. The van der Waals surface area contributed by atoms with Gasteiger partial charge in [-0.25, -0.2) is 0 Å². The summed E-state index contributed by atoms with van der Waals surface area (Å²) in [6.07, 6.45) is 8.31. The number of amides is 1. The Morgan fingerprint density at radius 2 is 1.81 bits per heavy atom. The van der Waals surface area contributed by atoms with Crippen LogP contribution in [-0.4, -0.2) is 25.5 Å². The van der Waals surface area contributed by atoms with Crippen molar-refractivity contribution in [1.82, 2.24) is 10.6 Å². The Kier molecular flexibility index (Phi) is 7.23. The summed E-state index contributed by atoms with van der Waals surface area (Å²) in [4.78, 5) is 11.9. The van der Waals surface area contributed by atoms with Gasteiger partial charge < -0.3 is 10.6 Å². The highest BCUT2D eigenvalue weighted by Gasteiger charge is 2.19. The highest BCUT2D eigenvalue weighted by atomic mass is 16.1. The fourth-order valence-electron chi connectivity index (χ4n) is 2.29. The third-order valence-electron chi connectivity index (χ3n) is 3.31. The van der Waals surface area contributed by atoms with Crippen LogP contribution >= 0.6 is 0 Å². The molecule has 0 bridgehead atoms. The van der Waals surface area contributed by atoms with Crippen molar-refractivity contribution in [3.8, 4) is 0 Å². The minimum atomic E-state index is 0.290. The van der Waals surface area contributed by atoms with Gasteiger partial charge in [-0.2, -0.15) is 0 Å². The molecule has 0 saturated heterocycles. The van der Waals surface area contributed by atoms with Crippen LogP contribution in [0.1, 0.15) is 51.9 Å². The minimum Gasteiger partial charge on any atom is -0.356 e. The van der Waals surface area contributed by atoms with Crippen molar-refractivity contribution in [1.29, 1.82) is 0 Å². The Hall–Kier alpha value is -0.570. The summed E-state index contributed by atoms with van der Waals surface area (Å²) >= 11 is 0. The number of hydrogen-bond acceptors (Lipinski definition) is 2. The van der Waals surface area contributed by atoms with Crippen LogP contribution in [0.4, 0.5) is 0 Å². The zero-order valence-electron chi connectivity index (χ0n) is 10.6.